The molecule has 220 valence electrons. The van der Waals surface area contributed by atoms with Gasteiger partial charge in [0, 0.05) is 22.5 Å². The number of carbonyl (C=O) groups is 1. The zero-order valence-corrected chi connectivity index (χ0v) is 24.7. The predicted octanol–water partition coefficient (Wildman–Crippen LogP) is 3.60. The van der Waals surface area contributed by atoms with Gasteiger partial charge in [-0.25, -0.2) is 4.79 Å². The molecule has 0 amide bonds. The van der Waals surface area contributed by atoms with Gasteiger partial charge in [0.25, 0.3) is 0 Å². The second-order valence-electron chi connectivity index (χ2n) is 11.0. The van der Waals surface area contributed by atoms with Crippen LogP contribution < -0.4 is 21.8 Å². The van der Waals surface area contributed by atoms with Crippen molar-refractivity contribution in [2.24, 2.45) is 16.9 Å². The van der Waals surface area contributed by atoms with Gasteiger partial charge in [-0.3, -0.25) is 4.79 Å². The third kappa shape index (κ3) is 10.0. The summed E-state index contributed by atoms with van der Waals surface area (Å²) in [4.78, 5) is 24.3. The van der Waals surface area contributed by atoms with E-state index in [9.17, 15) is 9.59 Å². The molecule has 11 heteroatoms. The molecule has 0 spiro atoms. The summed E-state index contributed by atoms with van der Waals surface area (Å²) < 4.78 is 32.7. The van der Waals surface area contributed by atoms with Crippen LogP contribution in [0.2, 0.25) is 5.02 Å². The smallest absolute Gasteiger partial charge is 0.355 e. The third-order valence-electron chi connectivity index (χ3n) is 6.53. The third-order valence-corrected chi connectivity index (χ3v) is 6.97. The summed E-state index contributed by atoms with van der Waals surface area (Å²) in [6.07, 6.45) is 0.466. The maximum atomic E-state index is 12.6. The number of ether oxygens (including phenoxy) is 5. The highest BCUT2D eigenvalue weighted by Crippen LogP contribution is 2.35. The summed E-state index contributed by atoms with van der Waals surface area (Å²) in [7, 11) is 0. The van der Waals surface area contributed by atoms with Crippen LogP contribution in [0, 0.1) is 12.3 Å². The zero-order valence-electron chi connectivity index (χ0n) is 23.9. The number of halogens is 1. The minimum atomic E-state index is -0.904. The van der Waals surface area contributed by atoms with Crippen molar-refractivity contribution in [3.63, 3.8) is 0 Å². The molecule has 4 N–H and O–H groups in total. The maximum Gasteiger partial charge on any atom is 0.355 e. The molecule has 0 bridgehead atoms. The molecule has 39 heavy (non-hydrogen) atoms. The molecular formula is C28H43ClN2O8. The van der Waals surface area contributed by atoms with Crippen molar-refractivity contribution in [2.45, 2.75) is 59.0 Å². The molecule has 1 aromatic carbocycles. The minimum absolute atomic E-state index is 0.0853. The van der Waals surface area contributed by atoms with E-state index in [1.54, 1.807) is 39.0 Å². The lowest BCUT2D eigenvalue weighted by Gasteiger charge is -2.42. The molecule has 0 aliphatic rings. The van der Waals surface area contributed by atoms with Gasteiger partial charge in [-0.05, 0) is 65.7 Å². The summed E-state index contributed by atoms with van der Waals surface area (Å²) in [6.45, 7) is 13.5. The number of fused-ring (bicyclic) bond motifs is 1. The molecule has 10 nitrogen and oxygen atoms in total. The SMILES string of the molecule is Cc1c(Cl)c(=O)oc2cc(OCCOCCOCCOCCOC(=O)C(C)(C)C(C)(N)CC(C)(C)N)ccc12. The number of esters is 1. The average Bonchev–Trinajstić information content (AvgIpc) is 2.83. The van der Waals surface area contributed by atoms with Crippen molar-refractivity contribution >= 4 is 28.5 Å². The lowest BCUT2D eigenvalue weighted by atomic mass is 9.68. The van der Waals surface area contributed by atoms with Crippen LogP contribution in [0.4, 0.5) is 0 Å². The minimum Gasteiger partial charge on any atom is -0.491 e. The fourth-order valence-corrected chi connectivity index (χ4v) is 4.08. The van der Waals surface area contributed by atoms with Crippen LogP contribution in [-0.4, -0.2) is 69.9 Å². The number of benzene rings is 1. The average molecular weight is 571 g/mol. The largest absolute Gasteiger partial charge is 0.491 e. The molecule has 0 aliphatic heterocycles. The Bertz CT molecular complexity index is 1140. The topological polar surface area (TPSA) is 145 Å². The lowest BCUT2D eigenvalue weighted by Crippen LogP contribution is -2.59. The fraction of sp³-hybridized carbons (Fsp3) is 0.643. The molecule has 0 saturated heterocycles. The summed E-state index contributed by atoms with van der Waals surface area (Å²) in [5.74, 6) is 0.181. The van der Waals surface area contributed by atoms with Gasteiger partial charge in [-0.2, -0.15) is 0 Å². The molecule has 2 aromatic rings. The second kappa shape index (κ2) is 14.4. The Hall–Kier alpha value is -2.21. The maximum absolute atomic E-state index is 12.6. The first-order valence-electron chi connectivity index (χ1n) is 13.0. The predicted molar refractivity (Wildman–Crippen MR) is 150 cm³/mol. The molecule has 1 aromatic heterocycles. The van der Waals surface area contributed by atoms with Crippen molar-refractivity contribution in [3.05, 3.63) is 39.2 Å². The molecule has 1 atom stereocenters. The number of nitrogens with two attached hydrogens (primary N) is 2. The van der Waals surface area contributed by atoms with Crippen molar-refractivity contribution in [3.8, 4) is 5.75 Å². The number of hydrogen-bond donors (Lipinski definition) is 2. The molecule has 1 heterocycles. The number of rotatable bonds is 17. The summed E-state index contributed by atoms with van der Waals surface area (Å²) in [6, 6.07) is 5.24. The van der Waals surface area contributed by atoms with Gasteiger partial charge in [0.2, 0.25) is 0 Å². The van der Waals surface area contributed by atoms with E-state index in [1.165, 1.54) is 0 Å². The first-order chi connectivity index (χ1) is 18.2. The van der Waals surface area contributed by atoms with Crippen molar-refractivity contribution in [1.29, 1.82) is 0 Å². The van der Waals surface area contributed by atoms with Crippen molar-refractivity contribution in [1.82, 2.24) is 0 Å². The van der Waals surface area contributed by atoms with E-state index in [2.05, 4.69) is 0 Å². The highest BCUT2D eigenvalue weighted by atomic mass is 35.5. The van der Waals surface area contributed by atoms with Crippen molar-refractivity contribution < 1.29 is 32.9 Å². The Morgan fingerprint density at radius 3 is 2.00 bits per heavy atom. The van der Waals surface area contributed by atoms with Gasteiger partial charge >= 0.3 is 11.6 Å². The van der Waals surface area contributed by atoms with E-state index < -0.39 is 22.1 Å². The van der Waals surface area contributed by atoms with Gasteiger partial charge in [-0.1, -0.05) is 11.6 Å². The Kier molecular flexibility index (Phi) is 12.2. The van der Waals surface area contributed by atoms with E-state index in [0.717, 1.165) is 5.39 Å². The number of hydrogen-bond acceptors (Lipinski definition) is 10. The van der Waals surface area contributed by atoms with Crippen LogP contribution in [-0.2, 0) is 23.7 Å². The van der Waals surface area contributed by atoms with E-state index in [4.69, 9.17) is 51.2 Å². The van der Waals surface area contributed by atoms with Crippen LogP contribution in [0.1, 0.15) is 46.6 Å². The first kappa shape index (κ1) is 33.0. The zero-order chi connectivity index (χ0) is 29.3. The molecule has 0 radical (unpaired) electrons. The molecule has 0 fully saturated rings. The second-order valence-corrected chi connectivity index (χ2v) is 11.4. The van der Waals surface area contributed by atoms with Crippen LogP contribution >= 0.6 is 11.6 Å². The standard InChI is InChI=1S/C28H43ClN2O8/c1-19-21-8-7-20(17-22(21)39-24(32)23(19)29)37-15-13-35-11-9-34-10-12-36-14-16-38-25(33)27(4,5)28(6,31)18-26(2,3)30/h7-8,17H,9-16,18,30-31H2,1-6H3. The van der Waals surface area contributed by atoms with Crippen molar-refractivity contribution in [2.75, 3.05) is 52.9 Å². The van der Waals surface area contributed by atoms with Crippen LogP contribution in [0.25, 0.3) is 11.0 Å². The normalized spacial score (nSPS) is 13.9. The highest BCUT2D eigenvalue weighted by molar-refractivity contribution is 6.31. The van der Waals surface area contributed by atoms with Crippen LogP contribution in [0.5, 0.6) is 5.75 Å². The Morgan fingerprint density at radius 2 is 1.44 bits per heavy atom. The summed E-state index contributed by atoms with van der Waals surface area (Å²) >= 11 is 5.95. The Morgan fingerprint density at radius 1 is 0.897 bits per heavy atom. The van der Waals surface area contributed by atoms with Gasteiger partial charge in [0.05, 0.1) is 45.1 Å². The van der Waals surface area contributed by atoms with Gasteiger partial charge in [0.1, 0.15) is 29.6 Å². The molecule has 2 rings (SSSR count). The number of carbonyl (C=O) groups excluding carboxylic acids is 1. The first-order valence-corrected chi connectivity index (χ1v) is 13.4. The quantitative estimate of drug-likeness (QED) is 0.164. The molecule has 0 saturated carbocycles. The van der Waals surface area contributed by atoms with Gasteiger partial charge in [0.15, 0.2) is 0 Å². The van der Waals surface area contributed by atoms with Crippen LogP contribution in [0.15, 0.2) is 27.4 Å². The van der Waals surface area contributed by atoms with Gasteiger partial charge in [-0.15, -0.1) is 0 Å². The Balaban J connectivity index is 1.51. The van der Waals surface area contributed by atoms with E-state index in [0.29, 0.717) is 63.0 Å². The monoisotopic (exact) mass is 570 g/mol. The molecular weight excluding hydrogens is 528 g/mol. The summed E-state index contributed by atoms with van der Waals surface area (Å²) in [5.41, 5.74) is 10.8. The lowest BCUT2D eigenvalue weighted by molar-refractivity contribution is -0.160. The fourth-order valence-electron chi connectivity index (χ4n) is 3.94. The summed E-state index contributed by atoms with van der Waals surface area (Å²) in [5, 5.41) is 0.845. The van der Waals surface area contributed by atoms with Crippen LogP contribution in [0.3, 0.4) is 0 Å². The van der Waals surface area contributed by atoms with E-state index >= 15 is 0 Å². The molecule has 1 unspecified atom stereocenters. The van der Waals surface area contributed by atoms with E-state index in [1.807, 2.05) is 20.8 Å². The molecule has 0 aliphatic carbocycles. The Labute approximate surface area is 235 Å². The van der Waals surface area contributed by atoms with Gasteiger partial charge < -0.3 is 39.6 Å². The van der Waals surface area contributed by atoms with E-state index in [-0.39, 0.29) is 24.2 Å². The highest BCUT2D eigenvalue weighted by Gasteiger charge is 2.47. The number of aryl methyl sites for hydroxylation is 1.